The summed E-state index contributed by atoms with van der Waals surface area (Å²) < 4.78 is 36.1. The lowest BCUT2D eigenvalue weighted by molar-refractivity contribution is 0.149. The van der Waals surface area contributed by atoms with Crippen molar-refractivity contribution in [3.63, 3.8) is 0 Å². The van der Waals surface area contributed by atoms with Crippen LogP contribution in [0.3, 0.4) is 0 Å². The maximum absolute atomic E-state index is 13.2. The molecule has 3 fully saturated rings. The molecule has 1 saturated carbocycles. The van der Waals surface area contributed by atoms with Gasteiger partial charge in [0.2, 0.25) is 10.0 Å². The lowest BCUT2D eigenvalue weighted by Gasteiger charge is -2.37. The molecule has 2 amide bonds. The molecule has 11 heteroatoms. The summed E-state index contributed by atoms with van der Waals surface area (Å²) in [5.41, 5.74) is 1.01. The van der Waals surface area contributed by atoms with Gasteiger partial charge in [0.05, 0.1) is 11.7 Å². The number of sulfonamides is 1. The fraction of sp³-hybridized carbons (Fsp3) is 0.682. The highest BCUT2D eigenvalue weighted by Gasteiger charge is 2.33. The van der Waals surface area contributed by atoms with Crippen molar-refractivity contribution in [2.45, 2.75) is 49.5 Å². The van der Waals surface area contributed by atoms with Crippen LogP contribution in [0.15, 0.2) is 23.1 Å². The van der Waals surface area contributed by atoms with E-state index in [0.717, 1.165) is 43.6 Å². The smallest absolute Gasteiger partial charge is 0.317 e. The highest BCUT2D eigenvalue weighted by Crippen LogP contribution is 2.27. The fourth-order valence-electron chi connectivity index (χ4n) is 5.34. The Bertz CT molecular complexity index is 1070. The van der Waals surface area contributed by atoms with E-state index in [1.165, 1.54) is 36.5 Å². The first kappa shape index (κ1) is 22.9. The van der Waals surface area contributed by atoms with E-state index >= 15 is 0 Å². The third kappa shape index (κ3) is 5.01. The van der Waals surface area contributed by atoms with Gasteiger partial charge in [0, 0.05) is 51.9 Å². The molecule has 1 aromatic heterocycles. The number of piperidine rings is 1. The third-order valence-electron chi connectivity index (χ3n) is 7.30. The van der Waals surface area contributed by atoms with Crippen LogP contribution in [0.4, 0.5) is 4.79 Å². The average Bonchev–Trinajstić information content (AvgIpc) is 3.52. The molecule has 2 aromatic rings. The number of hydrogen-bond donors (Lipinski definition) is 1. The molecule has 5 rings (SSSR count). The van der Waals surface area contributed by atoms with E-state index in [1.54, 1.807) is 23.1 Å². The van der Waals surface area contributed by atoms with Crippen molar-refractivity contribution in [1.29, 1.82) is 0 Å². The molecule has 33 heavy (non-hydrogen) atoms. The van der Waals surface area contributed by atoms with E-state index in [9.17, 15) is 13.2 Å². The molecule has 0 bridgehead atoms. The number of hydrogen-bond acceptors (Lipinski definition) is 7. The van der Waals surface area contributed by atoms with Gasteiger partial charge in [-0.3, -0.25) is 0 Å². The van der Waals surface area contributed by atoms with E-state index in [4.69, 9.17) is 0 Å². The van der Waals surface area contributed by atoms with Gasteiger partial charge in [0.25, 0.3) is 0 Å². The second-order valence-corrected chi connectivity index (χ2v) is 11.9. The van der Waals surface area contributed by atoms with Gasteiger partial charge in [-0.15, -0.1) is 0 Å². The molecule has 1 N–H and O–H groups in total. The summed E-state index contributed by atoms with van der Waals surface area (Å²) in [6.45, 7) is 4.64. The molecule has 180 valence electrons. The van der Waals surface area contributed by atoms with Crippen LogP contribution in [0.1, 0.15) is 38.5 Å². The monoisotopic (exact) mass is 492 g/mol. The molecular formula is C22H32N6O3S2. The minimum absolute atomic E-state index is 0.0768. The molecule has 0 spiro atoms. The Morgan fingerprint density at radius 2 is 1.73 bits per heavy atom. The van der Waals surface area contributed by atoms with Gasteiger partial charge < -0.3 is 15.1 Å². The first-order valence-corrected chi connectivity index (χ1v) is 14.2. The SMILES string of the molecule is O=C(NC1CCN(CC2CCCC2)CC1)N1CCN(S(=O)(=O)c2cccc3nsnc23)CC1. The normalized spacial score (nSPS) is 22.2. The zero-order valence-corrected chi connectivity index (χ0v) is 20.5. The highest BCUT2D eigenvalue weighted by atomic mass is 32.2. The number of nitrogens with one attached hydrogen (secondary N) is 1. The van der Waals surface area contributed by atoms with Crippen LogP contribution in [0, 0.1) is 5.92 Å². The van der Waals surface area contributed by atoms with E-state index < -0.39 is 10.0 Å². The van der Waals surface area contributed by atoms with Gasteiger partial charge in [-0.05, 0) is 43.7 Å². The minimum Gasteiger partial charge on any atom is -0.335 e. The summed E-state index contributed by atoms with van der Waals surface area (Å²) in [5, 5.41) is 3.18. The summed E-state index contributed by atoms with van der Waals surface area (Å²) in [7, 11) is -3.68. The molecular weight excluding hydrogens is 460 g/mol. The lowest BCUT2D eigenvalue weighted by atomic mass is 10.0. The summed E-state index contributed by atoms with van der Waals surface area (Å²) in [6.07, 6.45) is 7.46. The number of rotatable bonds is 5. The molecule has 0 radical (unpaired) electrons. The second kappa shape index (κ2) is 9.81. The Morgan fingerprint density at radius 1 is 1.00 bits per heavy atom. The van der Waals surface area contributed by atoms with Crippen LogP contribution in [0.25, 0.3) is 11.0 Å². The molecule has 9 nitrogen and oxygen atoms in total. The molecule has 3 aliphatic rings. The quantitative estimate of drug-likeness (QED) is 0.688. The number of nitrogens with zero attached hydrogens (tertiary/aromatic N) is 5. The van der Waals surface area contributed by atoms with Crippen molar-refractivity contribution < 1.29 is 13.2 Å². The van der Waals surface area contributed by atoms with Crippen molar-refractivity contribution in [3.05, 3.63) is 18.2 Å². The van der Waals surface area contributed by atoms with Gasteiger partial charge in [-0.2, -0.15) is 13.1 Å². The van der Waals surface area contributed by atoms with Gasteiger partial charge >= 0.3 is 6.03 Å². The van der Waals surface area contributed by atoms with E-state index in [1.807, 2.05) is 0 Å². The van der Waals surface area contributed by atoms with Crippen LogP contribution in [0.5, 0.6) is 0 Å². The summed E-state index contributed by atoms with van der Waals surface area (Å²) >= 11 is 1.01. The number of benzene rings is 1. The highest BCUT2D eigenvalue weighted by molar-refractivity contribution is 7.89. The predicted octanol–water partition coefficient (Wildman–Crippen LogP) is 2.36. The largest absolute Gasteiger partial charge is 0.335 e. The Kier molecular flexibility index (Phi) is 6.82. The Hall–Kier alpha value is -1.82. The van der Waals surface area contributed by atoms with Crippen molar-refractivity contribution >= 4 is 38.8 Å². The summed E-state index contributed by atoms with van der Waals surface area (Å²) in [4.78, 5) is 17.3. The summed E-state index contributed by atoms with van der Waals surface area (Å²) in [5.74, 6) is 0.863. The topological polar surface area (TPSA) is 98.7 Å². The predicted molar refractivity (Wildman–Crippen MR) is 128 cm³/mol. The molecule has 2 saturated heterocycles. The van der Waals surface area contributed by atoms with Crippen LogP contribution in [-0.2, 0) is 10.0 Å². The Morgan fingerprint density at radius 3 is 2.45 bits per heavy atom. The number of urea groups is 1. The number of carbonyl (C=O) groups excluding carboxylic acids is 1. The standard InChI is InChI=1S/C22H32N6O3S2/c29-22(23-18-8-10-26(11-9-18)16-17-4-1-2-5-17)27-12-14-28(15-13-27)33(30,31)20-7-3-6-19-21(20)25-32-24-19/h3,6-7,17-18H,1-2,4-5,8-16H2,(H,23,29). The van der Waals surface area contributed by atoms with Gasteiger partial charge in [0.15, 0.2) is 0 Å². The van der Waals surface area contributed by atoms with Crippen molar-refractivity contribution in [2.24, 2.45) is 5.92 Å². The van der Waals surface area contributed by atoms with E-state index in [-0.39, 0.29) is 30.1 Å². The maximum Gasteiger partial charge on any atom is 0.317 e. The third-order valence-corrected chi connectivity index (χ3v) is 9.77. The number of fused-ring (bicyclic) bond motifs is 1. The average molecular weight is 493 g/mol. The maximum atomic E-state index is 13.2. The summed E-state index contributed by atoms with van der Waals surface area (Å²) in [6, 6.07) is 5.16. The number of aromatic nitrogens is 2. The molecule has 1 aliphatic carbocycles. The van der Waals surface area contributed by atoms with Crippen LogP contribution in [0.2, 0.25) is 0 Å². The van der Waals surface area contributed by atoms with E-state index in [0.29, 0.717) is 24.1 Å². The van der Waals surface area contributed by atoms with Crippen LogP contribution in [-0.4, -0.2) is 89.2 Å². The Labute approximate surface area is 199 Å². The molecule has 0 unspecified atom stereocenters. The molecule has 1 aromatic carbocycles. The van der Waals surface area contributed by atoms with Crippen LogP contribution >= 0.6 is 11.7 Å². The van der Waals surface area contributed by atoms with Crippen molar-refractivity contribution in [3.8, 4) is 0 Å². The molecule has 3 heterocycles. The first-order chi connectivity index (χ1) is 16.0. The lowest BCUT2D eigenvalue weighted by Crippen LogP contribution is -2.55. The van der Waals surface area contributed by atoms with Gasteiger partial charge in [-0.25, -0.2) is 13.2 Å². The van der Waals surface area contributed by atoms with Crippen molar-refractivity contribution in [1.82, 2.24) is 28.2 Å². The number of amides is 2. The van der Waals surface area contributed by atoms with Gasteiger partial charge in [-0.1, -0.05) is 18.9 Å². The van der Waals surface area contributed by atoms with E-state index in [2.05, 4.69) is 19.0 Å². The Balaban J connectivity index is 1.11. The number of carbonyl (C=O) groups is 1. The second-order valence-electron chi connectivity index (χ2n) is 9.45. The first-order valence-electron chi connectivity index (χ1n) is 12.0. The molecule has 2 aliphatic heterocycles. The number of piperazine rings is 1. The van der Waals surface area contributed by atoms with Crippen molar-refractivity contribution in [2.75, 3.05) is 45.8 Å². The molecule has 0 atom stereocenters. The van der Waals surface area contributed by atoms with Crippen LogP contribution < -0.4 is 5.32 Å². The fourth-order valence-corrected chi connectivity index (χ4v) is 7.52. The zero-order chi connectivity index (χ0) is 22.8. The number of likely N-dealkylation sites (tertiary alicyclic amines) is 1. The zero-order valence-electron chi connectivity index (χ0n) is 18.9. The minimum atomic E-state index is -3.68. The van der Waals surface area contributed by atoms with Gasteiger partial charge in [0.1, 0.15) is 15.9 Å².